The Kier molecular flexibility index (Phi) is 6.23. The van der Waals surface area contributed by atoms with Crippen LogP contribution in [0.1, 0.15) is 48.9 Å². The van der Waals surface area contributed by atoms with Crippen molar-refractivity contribution >= 4 is 40.1 Å². The van der Waals surface area contributed by atoms with Crippen LogP contribution in [0.4, 0.5) is 0 Å². The van der Waals surface area contributed by atoms with Crippen molar-refractivity contribution in [1.82, 2.24) is 9.80 Å². The molecular formula is C24H29ClN2O2. The summed E-state index contributed by atoms with van der Waals surface area (Å²) in [4.78, 5) is 18.8. The fourth-order valence-electron chi connectivity index (χ4n) is 5.01. The van der Waals surface area contributed by atoms with E-state index in [4.69, 9.17) is 4.42 Å². The zero-order valence-electron chi connectivity index (χ0n) is 16.8. The van der Waals surface area contributed by atoms with Crippen LogP contribution in [0.15, 0.2) is 46.9 Å². The average Bonchev–Trinajstić information content (AvgIpc) is 3.14. The van der Waals surface area contributed by atoms with Gasteiger partial charge in [-0.3, -0.25) is 14.6 Å². The number of carbonyl (C=O) groups excluding carboxylic acids is 1. The molecule has 3 heterocycles. The number of likely N-dealkylation sites (tertiary alicyclic amines) is 2. The summed E-state index contributed by atoms with van der Waals surface area (Å²) < 4.78 is 6.03. The maximum absolute atomic E-state index is 14.0. The molecule has 0 radical (unpaired) electrons. The van der Waals surface area contributed by atoms with Gasteiger partial charge in [-0.25, -0.2) is 0 Å². The molecule has 4 nitrogen and oxygen atoms in total. The largest absolute Gasteiger partial charge is 0.456 e. The summed E-state index contributed by atoms with van der Waals surface area (Å²) >= 11 is 0. The number of carbonyl (C=O) groups is 1. The Morgan fingerprint density at radius 2 is 1.34 bits per heavy atom. The maximum Gasteiger partial charge on any atom is 0.195 e. The topological polar surface area (TPSA) is 36.7 Å². The van der Waals surface area contributed by atoms with Gasteiger partial charge >= 0.3 is 0 Å². The van der Waals surface area contributed by atoms with Crippen LogP contribution >= 0.6 is 12.4 Å². The Bertz CT molecular complexity index is 969. The third kappa shape index (κ3) is 3.81. The fourth-order valence-corrected chi connectivity index (χ4v) is 5.01. The molecule has 0 unspecified atom stereocenters. The number of hydrogen-bond donors (Lipinski definition) is 0. The van der Waals surface area contributed by atoms with Crippen molar-refractivity contribution in [1.29, 1.82) is 0 Å². The lowest BCUT2D eigenvalue weighted by Crippen LogP contribution is -2.56. The molecule has 2 aliphatic rings. The quantitative estimate of drug-likeness (QED) is 0.531. The smallest absolute Gasteiger partial charge is 0.195 e. The van der Waals surface area contributed by atoms with Gasteiger partial charge in [0.25, 0.3) is 0 Å². The number of halogens is 1. The number of furan rings is 1. The van der Waals surface area contributed by atoms with Gasteiger partial charge in [-0.05, 0) is 37.8 Å². The number of nitrogens with zero attached hydrogens (tertiary/aromatic N) is 2. The number of ketones is 1. The summed E-state index contributed by atoms with van der Waals surface area (Å²) in [7, 11) is 0. The van der Waals surface area contributed by atoms with Crippen LogP contribution in [0.25, 0.3) is 21.9 Å². The Balaban J connectivity index is 0.00000205. The lowest BCUT2D eigenvalue weighted by atomic mass is 9.98. The van der Waals surface area contributed by atoms with Crippen molar-refractivity contribution in [2.45, 2.75) is 44.7 Å². The lowest BCUT2D eigenvalue weighted by Gasteiger charge is -2.42. The number of fused-ring (bicyclic) bond motifs is 3. The lowest BCUT2D eigenvalue weighted by molar-refractivity contribution is 0.0195. The van der Waals surface area contributed by atoms with Crippen LogP contribution in [0.3, 0.4) is 0 Å². The standard InChI is InChI=1S/C24H28N2O2.ClH/c27-23(24(25-14-5-1-6-15-25)26-16-7-2-8-17-26)19-11-9-13-21-22(19)18-10-3-4-12-20(18)28-21;/h3-4,9-13,24H,1-2,5-8,14-17H2;1H. The normalized spacial score (nSPS) is 18.9. The molecule has 0 bridgehead atoms. The zero-order chi connectivity index (χ0) is 18.9. The van der Waals surface area contributed by atoms with Crippen LogP contribution in [0.2, 0.25) is 0 Å². The molecule has 154 valence electrons. The fraction of sp³-hybridized carbons (Fsp3) is 0.458. The van der Waals surface area contributed by atoms with Crippen LogP contribution in [0, 0.1) is 0 Å². The number of benzene rings is 2. The van der Waals surface area contributed by atoms with Gasteiger partial charge in [0.15, 0.2) is 5.78 Å². The Hall–Kier alpha value is -1.88. The van der Waals surface area contributed by atoms with Crippen LogP contribution in [-0.4, -0.2) is 47.9 Å². The molecule has 29 heavy (non-hydrogen) atoms. The monoisotopic (exact) mass is 412 g/mol. The Morgan fingerprint density at radius 1 is 0.759 bits per heavy atom. The third-order valence-electron chi connectivity index (χ3n) is 6.38. The summed E-state index contributed by atoms with van der Waals surface area (Å²) in [6.07, 6.45) is 7.18. The van der Waals surface area contributed by atoms with E-state index in [-0.39, 0.29) is 24.4 Å². The van der Waals surface area contributed by atoms with Gasteiger partial charge in [-0.2, -0.15) is 0 Å². The second kappa shape index (κ2) is 8.86. The van der Waals surface area contributed by atoms with Gasteiger partial charge < -0.3 is 4.42 Å². The maximum atomic E-state index is 14.0. The molecule has 2 aromatic carbocycles. The first-order valence-corrected chi connectivity index (χ1v) is 10.8. The highest BCUT2D eigenvalue weighted by molar-refractivity contribution is 6.18. The van der Waals surface area contributed by atoms with Gasteiger partial charge in [-0.1, -0.05) is 43.2 Å². The van der Waals surface area contributed by atoms with Crippen LogP contribution in [0.5, 0.6) is 0 Å². The zero-order valence-corrected chi connectivity index (χ0v) is 17.6. The van der Waals surface area contributed by atoms with Crippen LogP contribution < -0.4 is 0 Å². The Labute approximate surface area is 178 Å². The van der Waals surface area contributed by atoms with E-state index in [2.05, 4.69) is 15.9 Å². The number of para-hydroxylation sites is 1. The van der Waals surface area contributed by atoms with E-state index in [1.165, 1.54) is 38.5 Å². The predicted molar refractivity (Wildman–Crippen MR) is 120 cm³/mol. The van der Waals surface area contributed by atoms with E-state index in [9.17, 15) is 4.79 Å². The second-order valence-electron chi connectivity index (χ2n) is 8.21. The molecule has 0 saturated carbocycles. The van der Waals surface area contributed by atoms with Crippen molar-refractivity contribution in [2.75, 3.05) is 26.2 Å². The summed E-state index contributed by atoms with van der Waals surface area (Å²) in [6, 6.07) is 14.0. The SMILES string of the molecule is Cl.O=C(c1cccc2oc3ccccc3c12)C(N1CCCCC1)N1CCCCC1. The predicted octanol–water partition coefficient (Wildman–Crippen LogP) is 5.49. The first kappa shape index (κ1) is 20.4. The molecule has 5 rings (SSSR count). The molecule has 5 heteroatoms. The highest BCUT2D eigenvalue weighted by atomic mass is 35.5. The molecule has 1 aromatic heterocycles. The number of piperidine rings is 2. The highest BCUT2D eigenvalue weighted by Gasteiger charge is 2.35. The van der Waals surface area contributed by atoms with Gasteiger partial charge in [0.05, 0.1) is 0 Å². The van der Waals surface area contributed by atoms with E-state index >= 15 is 0 Å². The molecule has 3 aromatic rings. The molecule has 0 N–H and O–H groups in total. The second-order valence-corrected chi connectivity index (χ2v) is 8.21. The van der Waals surface area contributed by atoms with Crippen molar-refractivity contribution in [3.8, 4) is 0 Å². The molecule has 0 amide bonds. The minimum absolute atomic E-state index is 0. The van der Waals surface area contributed by atoms with E-state index in [1.807, 2.05) is 36.4 Å². The van der Waals surface area contributed by atoms with E-state index < -0.39 is 0 Å². The summed E-state index contributed by atoms with van der Waals surface area (Å²) in [5, 5.41) is 2.01. The van der Waals surface area contributed by atoms with Gasteiger partial charge in [0, 0.05) is 42.5 Å². The summed E-state index contributed by atoms with van der Waals surface area (Å²) in [5.74, 6) is 0.237. The van der Waals surface area contributed by atoms with E-state index in [0.717, 1.165) is 53.7 Å². The number of hydrogen-bond acceptors (Lipinski definition) is 4. The highest BCUT2D eigenvalue weighted by Crippen LogP contribution is 2.33. The molecular weight excluding hydrogens is 384 g/mol. The third-order valence-corrected chi connectivity index (χ3v) is 6.38. The first-order valence-electron chi connectivity index (χ1n) is 10.8. The minimum Gasteiger partial charge on any atom is -0.456 e. The van der Waals surface area contributed by atoms with Crippen LogP contribution in [-0.2, 0) is 0 Å². The average molecular weight is 413 g/mol. The van der Waals surface area contributed by atoms with Crippen molar-refractivity contribution in [3.63, 3.8) is 0 Å². The van der Waals surface area contributed by atoms with E-state index in [0.29, 0.717) is 0 Å². The first-order chi connectivity index (χ1) is 13.8. The van der Waals surface area contributed by atoms with Gasteiger partial charge in [0.1, 0.15) is 17.3 Å². The number of Topliss-reactive ketones (excluding diaryl/α,β-unsaturated/α-hetero) is 1. The Morgan fingerprint density at radius 3 is 2.00 bits per heavy atom. The molecule has 0 spiro atoms. The minimum atomic E-state index is -0.139. The number of rotatable bonds is 4. The van der Waals surface area contributed by atoms with E-state index in [1.54, 1.807) is 0 Å². The molecule has 2 aliphatic heterocycles. The van der Waals surface area contributed by atoms with Crippen molar-refractivity contribution < 1.29 is 9.21 Å². The molecule has 2 fully saturated rings. The molecule has 0 aliphatic carbocycles. The summed E-state index contributed by atoms with van der Waals surface area (Å²) in [5.41, 5.74) is 2.47. The van der Waals surface area contributed by atoms with Gasteiger partial charge in [-0.15, -0.1) is 12.4 Å². The van der Waals surface area contributed by atoms with Crippen molar-refractivity contribution in [3.05, 3.63) is 48.0 Å². The van der Waals surface area contributed by atoms with Gasteiger partial charge in [0.2, 0.25) is 0 Å². The van der Waals surface area contributed by atoms with Crippen molar-refractivity contribution in [2.24, 2.45) is 0 Å². The molecule has 0 atom stereocenters. The summed E-state index contributed by atoms with van der Waals surface area (Å²) in [6.45, 7) is 4.09. The molecule has 2 saturated heterocycles.